The van der Waals surface area contributed by atoms with Gasteiger partial charge < -0.3 is 4.74 Å². The topological polar surface area (TPSA) is 89.5 Å². The molecule has 2 rings (SSSR count). The third-order valence-corrected chi connectivity index (χ3v) is 4.02. The summed E-state index contributed by atoms with van der Waals surface area (Å²) >= 11 is 0. The summed E-state index contributed by atoms with van der Waals surface area (Å²) in [6, 6.07) is 13.0. The molecular formula is C18H19NO5S. The Morgan fingerprint density at radius 1 is 1.04 bits per heavy atom. The number of sulfonamides is 1. The van der Waals surface area contributed by atoms with Gasteiger partial charge in [-0.05, 0) is 26.0 Å². The van der Waals surface area contributed by atoms with E-state index in [-0.39, 0.29) is 17.0 Å². The second-order valence-corrected chi connectivity index (χ2v) is 7.45. The van der Waals surface area contributed by atoms with Crippen molar-refractivity contribution in [3.8, 4) is 0 Å². The Hall–Kier alpha value is -2.67. The van der Waals surface area contributed by atoms with Gasteiger partial charge in [0.15, 0.2) is 6.10 Å². The highest BCUT2D eigenvalue weighted by Gasteiger charge is 2.22. The molecule has 0 aliphatic carbocycles. The van der Waals surface area contributed by atoms with E-state index in [1.165, 1.54) is 19.1 Å². The fraction of sp³-hybridized carbons (Fsp3) is 0.222. The summed E-state index contributed by atoms with van der Waals surface area (Å²) in [6.07, 6.45) is -0.0138. The van der Waals surface area contributed by atoms with Crippen molar-refractivity contribution in [2.45, 2.75) is 20.0 Å². The number of anilines is 1. The minimum atomic E-state index is -3.55. The van der Waals surface area contributed by atoms with E-state index in [1.54, 1.807) is 36.4 Å². The van der Waals surface area contributed by atoms with Gasteiger partial charge in [0, 0.05) is 5.56 Å². The lowest BCUT2D eigenvalue weighted by molar-refractivity contribution is 0.0320. The van der Waals surface area contributed by atoms with Crippen LogP contribution in [-0.4, -0.2) is 32.5 Å². The number of ketones is 1. The molecule has 25 heavy (non-hydrogen) atoms. The predicted octanol–water partition coefficient (Wildman–Crippen LogP) is 2.79. The van der Waals surface area contributed by atoms with E-state index in [0.717, 1.165) is 11.8 Å². The maximum Gasteiger partial charge on any atom is 0.340 e. The lowest BCUT2D eigenvalue weighted by Crippen LogP contribution is -2.25. The van der Waals surface area contributed by atoms with Crippen LogP contribution < -0.4 is 4.72 Å². The Kier molecular flexibility index (Phi) is 5.58. The number of nitrogens with one attached hydrogen (secondary N) is 1. The minimum absolute atomic E-state index is 0.0384. The van der Waals surface area contributed by atoms with Crippen LogP contribution in [-0.2, 0) is 14.8 Å². The average molecular weight is 361 g/mol. The zero-order valence-corrected chi connectivity index (χ0v) is 15.0. The summed E-state index contributed by atoms with van der Waals surface area (Å²) in [6.45, 7) is 3.39. The molecule has 0 aliphatic heterocycles. The molecule has 2 aromatic rings. The standard InChI is InChI=1S/C18H19NO5S/c1-12-8-10-14(11-9-12)17(20)13(2)24-18(21)15-6-4-5-7-16(15)19-25(3,22)23/h4-11,13,19H,1-3H3/t13-/m0/s1. The summed E-state index contributed by atoms with van der Waals surface area (Å²) < 4.78 is 30.3. The Morgan fingerprint density at radius 2 is 1.64 bits per heavy atom. The summed E-state index contributed by atoms with van der Waals surface area (Å²) in [4.78, 5) is 24.7. The predicted molar refractivity (Wildman–Crippen MR) is 95.3 cm³/mol. The lowest BCUT2D eigenvalue weighted by atomic mass is 10.1. The van der Waals surface area contributed by atoms with Gasteiger partial charge in [-0.2, -0.15) is 0 Å². The first-order chi connectivity index (χ1) is 11.7. The zero-order valence-electron chi connectivity index (χ0n) is 14.1. The Morgan fingerprint density at radius 3 is 2.24 bits per heavy atom. The molecule has 0 unspecified atom stereocenters. The second-order valence-electron chi connectivity index (χ2n) is 5.70. The van der Waals surface area contributed by atoms with E-state index in [0.29, 0.717) is 5.56 Å². The monoisotopic (exact) mass is 361 g/mol. The number of Topliss-reactive ketones (excluding diaryl/α,β-unsaturated/α-hetero) is 1. The van der Waals surface area contributed by atoms with Crippen LogP contribution >= 0.6 is 0 Å². The van der Waals surface area contributed by atoms with Gasteiger partial charge in [0.1, 0.15) is 0 Å². The maximum absolute atomic E-state index is 12.3. The smallest absolute Gasteiger partial charge is 0.340 e. The molecule has 6 nitrogen and oxygen atoms in total. The molecule has 1 N–H and O–H groups in total. The minimum Gasteiger partial charge on any atom is -0.451 e. The number of para-hydroxylation sites is 1. The van der Waals surface area contributed by atoms with Crippen molar-refractivity contribution in [1.82, 2.24) is 0 Å². The number of hydrogen-bond acceptors (Lipinski definition) is 5. The number of aryl methyl sites for hydroxylation is 1. The Labute approximate surface area is 146 Å². The number of hydrogen-bond donors (Lipinski definition) is 1. The van der Waals surface area contributed by atoms with Gasteiger partial charge in [0.2, 0.25) is 15.8 Å². The summed E-state index contributed by atoms with van der Waals surface area (Å²) in [7, 11) is -3.55. The summed E-state index contributed by atoms with van der Waals surface area (Å²) in [5.74, 6) is -1.11. The molecule has 0 heterocycles. The van der Waals surface area contributed by atoms with Gasteiger partial charge in [-0.15, -0.1) is 0 Å². The third-order valence-electron chi connectivity index (χ3n) is 3.43. The molecule has 0 aromatic heterocycles. The molecular weight excluding hydrogens is 342 g/mol. The maximum atomic E-state index is 12.3. The summed E-state index contributed by atoms with van der Waals surface area (Å²) in [5.41, 5.74) is 1.59. The number of carbonyl (C=O) groups excluding carboxylic acids is 2. The number of esters is 1. The van der Waals surface area contributed by atoms with Crippen LogP contribution in [0.2, 0.25) is 0 Å². The van der Waals surface area contributed by atoms with Crippen molar-refractivity contribution in [3.63, 3.8) is 0 Å². The van der Waals surface area contributed by atoms with E-state index < -0.39 is 22.1 Å². The molecule has 0 aliphatic rings. The zero-order chi connectivity index (χ0) is 18.6. The summed E-state index contributed by atoms with van der Waals surface area (Å²) in [5, 5.41) is 0. The molecule has 0 saturated heterocycles. The fourth-order valence-corrected chi connectivity index (χ4v) is 2.76. The molecule has 0 saturated carbocycles. The SMILES string of the molecule is Cc1ccc(C(=O)[C@H](C)OC(=O)c2ccccc2NS(C)(=O)=O)cc1. The number of rotatable bonds is 6. The van der Waals surface area contributed by atoms with E-state index in [1.807, 2.05) is 6.92 Å². The van der Waals surface area contributed by atoms with E-state index in [2.05, 4.69) is 4.72 Å². The molecule has 0 fully saturated rings. The van der Waals surface area contributed by atoms with Crippen LogP contribution in [0, 0.1) is 6.92 Å². The quantitative estimate of drug-likeness (QED) is 0.631. The van der Waals surface area contributed by atoms with Crippen LogP contribution in [0.3, 0.4) is 0 Å². The van der Waals surface area contributed by atoms with Crippen LogP contribution in [0.25, 0.3) is 0 Å². The molecule has 1 atom stereocenters. The average Bonchev–Trinajstić information content (AvgIpc) is 2.53. The largest absolute Gasteiger partial charge is 0.451 e. The second kappa shape index (κ2) is 7.48. The van der Waals surface area contributed by atoms with Crippen molar-refractivity contribution < 1.29 is 22.7 Å². The van der Waals surface area contributed by atoms with E-state index in [9.17, 15) is 18.0 Å². The van der Waals surface area contributed by atoms with Crippen molar-refractivity contribution in [2.75, 3.05) is 11.0 Å². The van der Waals surface area contributed by atoms with Crippen molar-refractivity contribution >= 4 is 27.5 Å². The van der Waals surface area contributed by atoms with E-state index >= 15 is 0 Å². The van der Waals surface area contributed by atoms with Crippen LogP contribution in [0.4, 0.5) is 5.69 Å². The van der Waals surface area contributed by atoms with Crippen LogP contribution in [0.1, 0.15) is 33.2 Å². The number of benzene rings is 2. The molecule has 0 radical (unpaired) electrons. The van der Waals surface area contributed by atoms with E-state index in [4.69, 9.17) is 4.74 Å². The lowest BCUT2D eigenvalue weighted by Gasteiger charge is -2.14. The van der Waals surface area contributed by atoms with Gasteiger partial charge in [-0.1, -0.05) is 42.0 Å². The highest BCUT2D eigenvalue weighted by Crippen LogP contribution is 2.19. The Bertz CT molecular complexity index is 888. The molecule has 0 amide bonds. The molecule has 132 valence electrons. The third kappa shape index (κ3) is 5.15. The van der Waals surface area contributed by atoms with Gasteiger partial charge in [0.05, 0.1) is 17.5 Å². The normalized spacial score (nSPS) is 12.3. The highest BCUT2D eigenvalue weighted by molar-refractivity contribution is 7.92. The molecule has 0 spiro atoms. The Balaban J connectivity index is 2.16. The highest BCUT2D eigenvalue weighted by atomic mass is 32.2. The van der Waals surface area contributed by atoms with Crippen molar-refractivity contribution in [2.24, 2.45) is 0 Å². The van der Waals surface area contributed by atoms with Crippen molar-refractivity contribution in [1.29, 1.82) is 0 Å². The van der Waals surface area contributed by atoms with Gasteiger partial charge in [-0.3, -0.25) is 9.52 Å². The first-order valence-corrected chi connectivity index (χ1v) is 9.45. The number of ether oxygens (including phenoxy) is 1. The van der Waals surface area contributed by atoms with Crippen molar-refractivity contribution in [3.05, 3.63) is 65.2 Å². The van der Waals surface area contributed by atoms with Crippen LogP contribution in [0.15, 0.2) is 48.5 Å². The molecule has 0 bridgehead atoms. The number of carbonyl (C=O) groups is 2. The fourth-order valence-electron chi connectivity index (χ4n) is 2.18. The van der Waals surface area contributed by atoms with Crippen LogP contribution in [0.5, 0.6) is 0 Å². The van der Waals surface area contributed by atoms with Gasteiger partial charge >= 0.3 is 5.97 Å². The first-order valence-electron chi connectivity index (χ1n) is 7.56. The molecule has 2 aromatic carbocycles. The first kappa shape index (κ1) is 18.7. The molecule has 7 heteroatoms. The van der Waals surface area contributed by atoms with Gasteiger partial charge in [0.25, 0.3) is 0 Å². The van der Waals surface area contributed by atoms with Gasteiger partial charge in [-0.25, -0.2) is 13.2 Å².